The molecule has 1 spiro atoms. The molecule has 1 N–H and O–H groups in total. The molecule has 3 unspecified atom stereocenters. The summed E-state index contributed by atoms with van der Waals surface area (Å²) in [6, 6.07) is -1.42. The SMILES string of the molecule is C=CCCCOC(=O)[C@@H]1[C@H]2C(=O)N([C@@H](CO)C(C)C)C(C(=O)N(CC=C)C3CCCCC3)C23CC(C)[C@@]1(C)O3. The summed E-state index contributed by atoms with van der Waals surface area (Å²) >= 11 is 0. The van der Waals surface area contributed by atoms with Crippen molar-refractivity contribution >= 4 is 17.8 Å². The highest BCUT2D eigenvalue weighted by atomic mass is 16.6. The Bertz CT molecular complexity index is 961. The highest BCUT2D eigenvalue weighted by molar-refractivity contribution is 5.99. The zero-order valence-corrected chi connectivity index (χ0v) is 24.3. The number of aliphatic hydroxyl groups is 1. The van der Waals surface area contributed by atoms with Crippen molar-refractivity contribution in [1.82, 2.24) is 9.80 Å². The second kappa shape index (κ2) is 11.7. The maximum absolute atomic E-state index is 14.7. The molecule has 7 atom stereocenters. The number of ether oxygens (including phenoxy) is 2. The lowest BCUT2D eigenvalue weighted by atomic mass is 9.62. The van der Waals surface area contributed by atoms with Gasteiger partial charge in [-0.15, -0.1) is 13.2 Å². The van der Waals surface area contributed by atoms with E-state index in [0.29, 0.717) is 19.4 Å². The monoisotopic (exact) mass is 544 g/mol. The van der Waals surface area contributed by atoms with Gasteiger partial charge < -0.3 is 24.4 Å². The van der Waals surface area contributed by atoms with Crippen LogP contribution in [0.15, 0.2) is 25.3 Å². The van der Waals surface area contributed by atoms with Crippen LogP contribution in [0.1, 0.15) is 79.1 Å². The molecular formula is C31H48N2O6. The van der Waals surface area contributed by atoms with E-state index in [4.69, 9.17) is 9.47 Å². The molecule has 8 nitrogen and oxygen atoms in total. The van der Waals surface area contributed by atoms with Gasteiger partial charge in [0.25, 0.3) is 0 Å². The largest absolute Gasteiger partial charge is 0.465 e. The average molecular weight is 545 g/mol. The van der Waals surface area contributed by atoms with Crippen LogP contribution in [-0.4, -0.2) is 81.8 Å². The Morgan fingerprint density at radius 2 is 1.92 bits per heavy atom. The maximum Gasteiger partial charge on any atom is 0.312 e. The number of nitrogens with zero attached hydrogens (tertiary/aromatic N) is 2. The molecule has 1 aliphatic carbocycles. The van der Waals surface area contributed by atoms with Gasteiger partial charge in [-0.05, 0) is 50.9 Å². The van der Waals surface area contributed by atoms with Crippen molar-refractivity contribution in [2.24, 2.45) is 23.7 Å². The summed E-state index contributed by atoms with van der Waals surface area (Å²) in [6.07, 6.45) is 10.5. The van der Waals surface area contributed by atoms with Gasteiger partial charge in [0.05, 0.1) is 30.8 Å². The Morgan fingerprint density at radius 1 is 1.23 bits per heavy atom. The van der Waals surface area contributed by atoms with E-state index < -0.39 is 41.1 Å². The molecule has 218 valence electrons. The Labute approximate surface area is 233 Å². The molecule has 4 fully saturated rings. The van der Waals surface area contributed by atoms with Gasteiger partial charge in [-0.25, -0.2) is 0 Å². The van der Waals surface area contributed by atoms with E-state index in [-0.39, 0.29) is 42.9 Å². The smallest absolute Gasteiger partial charge is 0.312 e. The van der Waals surface area contributed by atoms with Crippen molar-refractivity contribution < 1.29 is 29.0 Å². The molecule has 2 bridgehead atoms. The third-order valence-electron chi connectivity index (χ3n) is 9.98. The zero-order chi connectivity index (χ0) is 28.5. The minimum Gasteiger partial charge on any atom is -0.465 e. The Hall–Kier alpha value is -2.19. The van der Waals surface area contributed by atoms with Crippen LogP contribution in [0.25, 0.3) is 0 Å². The normalized spacial score (nSPS) is 34.7. The van der Waals surface area contributed by atoms with Crippen LogP contribution in [0.3, 0.4) is 0 Å². The number of carbonyl (C=O) groups excluding carboxylic acids is 3. The van der Waals surface area contributed by atoms with E-state index in [0.717, 1.165) is 38.5 Å². The first-order valence-corrected chi connectivity index (χ1v) is 14.9. The van der Waals surface area contributed by atoms with E-state index in [1.165, 1.54) is 0 Å². The third kappa shape index (κ3) is 4.86. The van der Waals surface area contributed by atoms with Crippen molar-refractivity contribution in [2.45, 2.75) is 108 Å². The van der Waals surface area contributed by atoms with E-state index in [1.54, 1.807) is 17.1 Å². The van der Waals surface area contributed by atoms with Gasteiger partial charge in [0, 0.05) is 12.6 Å². The minimum atomic E-state index is -1.15. The second-order valence-electron chi connectivity index (χ2n) is 12.6. The van der Waals surface area contributed by atoms with Crippen LogP contribution in [0, 0.1) is 23.7 Å². The fourth-order valence-corrected chi connectivity index (χ4v) is 7.89. The van der Waals surface area contributed by atoms with Gasteiger partial charge >= 0.3 is 5.97 Å². The number of allylic oxidation sites excluding steroid dienone is 1. The van der Waals surface area contributed by atoms with Gasteiger partial charge in [0.2, 0.25) is 11.8 Å². The molecule has 0 aromatic rings. The predicted octanol–water partition coefficient (Wildman–Crippen LogP) is 3.87. The fraction of sp³-hybridized carbons (Fsp3) is 0.774. The summed E-state index contributed by atoms with van der Waals surface area (Å²) in [7, 11) is 0. The van der Waals surface area contributed by atoms with Gasteiger partial charge in [0.15, 0.2) is 0 Å². The summed E-state index contributed by atoms with van der Waals surface area (Å²) in [6.45, 7) is 15.8. The topological polar surface area (TPSA) is 96.4 Å². The van der Waals surface area contributed by atoms with Crippen molar-refractivity contribution in [1.29, 1.82) is 0 Å². The number of esters is 1. The van der Waals surface area contributed by atoms with Crippen LogP contribution in [0.5, 0.6) is 0 Å². The first-order chi connectivity index (χ1) is 18.6. The van der Waals surface area contributed by atoms with Crippen LogP contribution in [0.2, 0.25) is 0 Å². The number of aliphatic hydroxyl groups excluding tert-OH is 1. The summed E-state index contributed by atoms with van der Waals surface area (Å²) in [5.74, 6) is -2.68. The van der Waals surface area contributed by atoms with Crippen LogP contribution in [-0.2, 0) is 23.9 Å². The molecule has 0 aromatic carbocycles. The highest BCUT2D eigenvalue weighted by Gasteiger charge is 2.81. The number of hydrogen-bond acceptors (Lipinski definition) is 6. The summed E-state index contributed by atoms with van der Waals surface area (Å²) in [4.78, 5) is 46.2. The summed E-state index contributed by atoms with van der Waals surface area (Å²) in [5, 5.41) is 10.5. The first-order valence-electron chi connectivity index (χ1n) is 14.9. The van der Waals surface area contributed by atoms with Gasteiger partial charge in [-0.1, -0.05) is 52.2 Å². The standard InChI is InChI=1S/C31H48N2O6/c1-7-9-13-17-38-29(37)25-24-27(35)33(23(19-34)20(3)4)26(31(24)18-21(5)30(25,6)39-31)28(36)32(16-8-2)22-14-11-10-12-15-22/h7-8,20-26,34H,1-2,9-19H2,3-6H3/t21?,23-,24-,25-,26?,30+,31?/m0/s1. The molecule has 0 radical (unpaired) electrons. The Kier molecular flexibility index (Phi) is 8.96. The second-order valence-corrected chi connectivity index (χ2v) is 12.6. The van der Waals surface area contributed by atoms with Crippen molar-refractivity contribution in [3.63, 3.8) is 0 Å². The Morgan fingerprint density at radius 3 is 2.51 bits per heavy atom. The molecule has 3 aliphatic heterocycles. The number of unbranched alkanes of at least 4 members (excludes halogenated alkanes) is 1. The molecule has 2 amide bonds. The van der Waals surface area contributed by atoms with Gasteiger partial charge in [-0.3, -0.25) is 14.4 Å². The number of fused-ring (bicyclic) bond motifs is 1. The van der Waals surface area contributed by atoms with E-state index >= 15 is 0 Å². The molecule has 3 saturated heterocycles. The van der Waals surface area contributed by atoms with Crippen molar-refractivity contribution in [3.05, 3.63) is 25.3 Å². The molecule has 0 aromatic heterocycles. The number of likely N-dealkylation sites (tertiary alicyclic amines) is 1. The lowest BCUT2D eigenvalue weighted by Gasteiger charge is -2.43. The summed E-state index contributed by atoms with van der Waals surface area (Å²) < 4.78 is 12.5. The molecule has 1 saturated carbocycles. The highest BCUT2D eigenvalue weighted by Crippen LogP contribution is 2.66. The Balaban J connectivity index is 1.78. The lowest BCUT2D eigenvalue weighted by molar-refractivity contribution is -0.165. The van der Waals surface area contributed by atoms with Gasteiger partial charge in [-0.2, -0.15) is 0 Å². The van der Waals surface area contributed by atoms with Crippen molar-refractivity contribution in [2.75, 3.05) is 19.8 Å². The number of amides is 2. The lowest BCUT2D eigenvalue weighted by Crippen LogP contribution is -2.61. The molecular weight excluding hydrogens is 496 g/mol. The molecule has 3 heterocycles. The summed E-state index contributed by atoms with van der Waals surface area (Å²) in [5.41, 5.74) is -2.06. The molecule has 8 heteroatoms. The van der Waals surface area contributed by atoms with E-state index in [9.17, 15) is 19.5 Å². The molecule has 4 aliphatic rings. The fourth-order valence-electron chi connectivity index (χ4n) is 7.89. The molecule has 39 heavy (non-hydrogen) atoms. The number of hydrogen-bond donors (Lipinski definition) is 1. The average Bonchev–Trinajstić information content (AvgIpc) is 3.42. The van der Waals surface area contributed by atoms with Crippen LogP contribution < -0.4 is 0 Å². The predicted molar refractivity (Wildman–Crippen MR) is 149 cm³/mol. The zero-order valence-electron chi connectivity index (χ0n) is 24.3. The third-order valence-corrected chi connectivity index (χ3v) is 9.98. The maximum atomic E-state index is 14.7. The first kappa shape index (κ1) is 29.8. The van der Waals surface area contributed by atoms with E-state index in [2.05, 4.69) is 13.2 Å². The van der Waals surface area contributed by atoms with Gasteiger partial charge in [0.1, 0.15) is 17.6 Å². The minimum absolute atomic E-state index is 0.0586. The van der Waals surface area contributed by atoms with Crippen LogP contribution in [0.4, 0.5) is 0 Å². The van der Waals surface area contributed by atoms with E-state index in [1.807, 2.05) is 32.6 Å². The van der Waals surface area contributed by atoms with Crippen molar-refractivity contribution in [3.8, 4) is 0 Å². The van der Waals surface area contributed by atoms with Crippen LogP contribution >= 0.6 is 0 Å². The number of rotatable bonds is 12. The number of carbonyl (C=O) groups is 3. The molecule has 4 rings (SSSR count). The quantitative estimate of drug-likeness (QED) is 0.228.